The van der Waals surface area contributed by atoms with E-state index in [2.05, 4.69) is 10.0 Å². The Balaban J connectivity index is 1.90. The van der Waals surface area contributed by atoms with Crippen LogP contribution < -0.4 is 14.8 Å². The lowest BCUT2D eigenvalue weighted by Gasteiger charge is -2.20. The van der Waals surface area contributed by atoms with E-state index in [9.17, 15) is 13.2 Å². The van der Waals surface area contributed by atoms with E-state index in [4.69, 9.17) is 27.9 Å². The summed E-state index contributed by atoms with van der Waals surface area (Å²) in [6.07, 6.45) is 0.138. The number of anilines is 1. The molecule has 3 rings (SSSR count). The van der Waals surface area contributed by atoms with Gasteiger partial charge in [-0.15, -0.1) is 0 Å². The molecule has 0 fully saturated rings. The monoisotopic (exact) mass is 492 g/mol. The minimum Gasteiger partial charge on any atom is -0.496 e. The van der Waals surface area contributed by atoms with E-state index in [0.717, 1.165) is 5.56 Å². The van der Waals surface area contributed by atoms with Crippen molar-refractivity contribution in [2.75, 3.05) is 12.4 Å². The fraction of sp³-hybridized carbons (Fsp3) is 0.174. The summed E-state index contributed by atoms with van der Waals surface area (Å²) in [6.45, 7) is 1.74. The molecule has 3 aromatic rings. The molecule has 0 saturated heterocycles. The number of ether oxygens (including phenoxy) is 1. The number of benzene rings is 3. The number of nitrogens with one attached hydrogen (secondary N) is 2. The zero-order valence-electron chi connectivity index (χ0n) is 17.4. The van der Waals surface area contributed by atoms with Gasteiger partial charge in [0.15, 0.2) is 0 Å². The summed E-state index contributed by atoms with van der Waals surface area (Å²) in [7, 11) is -2.50. The van der Waals surface area contributed by atoms with Gasteiger partial charge in [-0.25, -0.2) is 8.42 Å². The van der Waals surface area contributed by atoms with Crippen LogP contribution in [0, 0.1) is 6.92 Å². The summed E-state index contributed by atoms with van der Waals surface area (Å²) >= 11 is 12.2. The van der Waals surface area contributed by atoms with Crippen LogP contribution in [0.1, 0.15) is 11.1 Å². The molecule has 0 spiro atoms. The Bertz CT molecular complexity index is 1220. The maximum absolute atomic E-state index is 13.1. The van der Waals surface area contributed by atoms with Crippen molar-refractivity contribution in [1.82, 2.24) is 4.72 Å². The third-order valence-corrected chi connectivity index (χ3v) is 7.07. The molecule has 0 radical (unpaired) electrons. The number of hydrogen-bond acceptors (Lipinski definition) is 4. The van der Waals surface area contributed by atoms with Crippen molar-refractivity contribution in [2.24, 2.45) is 0 Å². The molecule has 1 amide bonds. The number of hydrogen-bond donors (Lipinski definition) is 2. The molecule has 168 valence electrons. The summed E-state index contributed by atoms with van der Waals surface area (Å²) in [5.41, 5.74) is 1.74. The molecular formula is C23H22Cl2N2O4S. The average molecular weight is 493 g/mol. The molecular weight excluding hydrogens is 471 g/mol. The van der Waals surface area contributed by atoms with Gasteiger partial charge in [0.1, 0.15) is 11.8 Å². The highest BCUT2D eigenvalue weighted by molar-refractivity contribution is 7.89. The lowest BCUT2D eigenvalue weighted by Crippen LogP contribution is -2.45. The molecule has 1 atom stereocenters. The summed E-state index contributed by atoms with van der Waals surface area (Å²) < 4.78 is 33.9. The van der Waals surface area contributed by atoms with Gasteiger partial charge in [-0.1, -0.05) is 59.6 Å². The number of amides is 1. The van der Waals surface area contributed by atoms with Gasteiger partial charge in [0, 0.05) is 0 Å². The maximum atomic E-state index is 13.1. The molecule has 0 aliphatic carbocycles. The van der Waals surface area contributed by atoms with E-state index < -0.39 is 22.0 Å². The van der Waals surface area contributed by atoms with Crippen molar-refractivity contribution in [3.05, 3.63) is 87.9 Å². The molecule has 0 heterocycles. The summed E-state index contributed by atoms with van der Waals surface area (Å²) in [5, 5.41) is 3.12. The normalized spacial score (nSPS) is 12.2. The predicted octanol–water partition coefficient (Wildman–Crippen LogP) is 4.84. The van der Waals surface area contributed by atoms with Crippen molar-refractivity contribution in [2.45, 2.75) is 24.3 Å². The smallest absolute Gasteiger partial charge is 0.242 e. The average Bonchev–Trinajstić information content (AvgIpc) is 2.77. The van der Waals surface area contributed by atoms with Gasteiger partial charge in [-0.05, 0) is 54.8 Å². The Morgan fingerprint density at radius 1 is 1.03 bits per heavy atom. The maximum Gasteiger partial charge on any atom is 0.242 e. The minimum atomic E-state index is -4.01. The molecule has 0 aliphatic heterocycles. The first-order chi connectivity index (χ1) is 15.2. The van der Waals surface area contributed by atoms with Crippen LogP contribution >= 0.6 is 23.2 Å². The van der Waals surface area contributed by atoms with Gasteiger partial charge >= 0.3 is 0 Å². The Morgan fingerprint density at radius 2 is 1.75 bits per heavy atom. The van der Waals surface area contributed by atoms with E-state index >= 15 is 0 Å². The highest BCUT2D eigenvalue weighted by Crippen LogP contribution is 2.30. The first-order valence-corrected chi connectivity index (χ1v) is 11.9. The highest BCUT2D eigenvalue weighted by atomic mass is 35.5. The number of rotatable bonds is 8. The second-order valence-electron chi connectivity index (χ2n) is 7.09. The van der Waals surface area contributed by atoms with Crippen molar-refractivity contribution < 1.29 is 17.9 Å². The van der Waals surface area contributed by atoms with Crippen LogP contribution in [0.25, 0.3) is 0 Å². The third kappa shape index (κ3) is 5.81. The second-order valence-corrected chi connectivity index (χ2v) is 9.58. The van der Waals surface area contributed by atoms with E-state index in [-0.39, 0.29) is 21.4 Å². The number of halogens is 2. The lowest BCUT2D eigenvalue weighted by molar-refractivity contribution is -0.117. The SMILES string of the molecule is COc1ccc(S(=O)(=O)NC(Cc2ccccc2)C(=O)Nc2cccc(Cl)c2Cl)cc1C. The third-order valence-electron chi connectivity index (χ3n) is 4.78. The lowest BCUT2D eigenvalue weighted by atomic mass is 10.1. The number of sulfonamides is 1. The molecule has 0 saturated carbocycles. The van der Waals surface area contributed by atoms with Crippen LogP contribution in [0.4, 0.5) is 5.69 Å². The fourth-order valence-electron chi connectivity index (χ4n) is 3.13. The van der Waals surface area contributed by atoms with Gasteiger partial charge in [0.2, 0.25) is 15.9 Å². The van der Waals surface area contributed by atoms with Gasteiger partial charge in [-0.2, -0.15) is 4.72 Å². The molecule has 32 heavy (non-hydrogen) atoms. The van der Waals surface area contributed by atoms with Crippen LogP contribution in [0.2, 0.25) is 10.0 Å². The molecule has 1 unspecified atom stereocenters. The van der Waals surface area contributed by atoms with Gasteiger partial charge in [-0.3, -0.25) is 4.79 Å². The molecule has 3 aromatic carbocycles. The van der Waals surface area contributed by atoms with Crippen LogP contribution in [-0.4, -0.2) is 27.5 Å². The van der Waals surface area contributed by atoms with Gasteiger partial charge in [0.25, 0.3) is 0 Å². The Morgan fingerprint density at radius 3 is 2.41 bits per heavy atom. The molecule has 9 heteroatoms. The fourth-order valence-corrected chi connectivity index (χ4v) is 4.76. The molecule has 0 aromatic heterocycles. The standard InChI is InChI=1S/C23H22Cl2N2O4S/c1-15-13-17(11-12-21(15)31-2)32(29,30)27-20(14-16-7-4-3-5-8-16)23(28)26-19-10-6-9-18(24)22(19)25/h3-13,20,27H,14H2,1-2H3,(H,26,28). The topological polar surface area (TPSA) is 84.5 Å². The van der Waals surface area contributed by atoms with E-state index in [1.54, 1.807) is 31.2 Å². The quantitative estimate of drug-likeness (QED) is 0.471. The molecule has 0 bridgehead atoms. The van der Waals surface area contributed by atoms with Gasteiger partial charge < -0.3 is 10.1 Å². The number of carbonyl (C=O) groups excluding carboxylic acids is 1. The Labute approximate surface area is 197 Å². The zero-order valence-corrected chi connectivity index (χ0v) is 19.8. The van der Waals surface area contributed by atoms with E-state index in [1.165, 1.54) is 19.2 Å². The van der Waals surface area contributed by atoms with Crippen LogP contribution in [0.15, 0.2) is 71.6 Å². The largest absolute Gasteiger partial charge is 0.496 e. The highest BCUT2D eigenvalue weighted by Gasteiger charge is 2.27. The van der Waals surface area contributed by atoms with Gasteiger partial charge in [0.05, 0.1) is 27.7 Å². The minimum absolute atomic E-state index is 0.0300. The molecule has 6 nitrogen and oxygen atoms in total. The van der Waals surface area contributed by atoms with Crippen molar-refractivity contribution >= 4 is 44.8 Å². The Kier molecular flexibility index (Phi) is 7.79. The van der Waals surface area contributed by atoms with Crippen molar-refractivity contribution in [3.63, 3.8) is 0 Å². The number of methoxy groups -OCH3 is 1. The zero-order chi connectivity index (χ0) is 23.3. The first kappa shape index (κ1) is 24.1. The van der Waals surface area contributed by atoms with Crippen LogP contribution in [-0.2, 0) is 21.2 Å². The van der Waals surface area contributed by atoms with Crippen LogP contribution in [0.3, 0.4) is 0 Å². The van der Waals surface area contributed by atoms with E-state index in [1.807, 2.05) is 30.3 Å². The summed E-state index contributed by atoms with van der Waals surface area (Å²) in [4.78, 5) is 13.1. The van der Waals surface area contributed by atoms with Crippen molar-refractivity contribution in [1.29, 1.82) is 0 Å². The Hall–Kier alpha value is -2.58. The summed E-state index contributed by atoms with van der Waals surface area (Å²) in [6, 6.07) is 17.3. The number of carbonyl (C=O) groups is 1. The predicted molar refractivity (Wildman–Crippen MR) is 127 cm³/mol. The van der Waals surface area contributed by atoms with Crippen molar-refractivity contribution in [3.8, 4) is 5.75 Å². The summed E-state index contributed by atoms with van der Waals surface area (Å²) in [5.74, 6) is 0.00459. The first-order valence-electron chi connectivity index (χ1n) is 9.67. The number of aryl methyl sites for hydroxylation is 1. The van der Waals surface area contributed by atoms with E-state index in [0.29, 0.717) is 17.0 Å². The molecule has 2 N–H and O–H groups in total. The van der Waals surface area contributed by atoms with Crippen LogP contribution in [0.5, 0.6) is 5.75 Å². The second kappa shape index (κ2) is 10.4. The molecule has 0 aliphatic rings.